The van der Waals surface area contributed by atoms with Crippen molar-refractivity contribution in [2.75, 3.05) is 23.8 Å². The number of nitrogens with one attached hydrogen (secondary N) is 1. The Morgan fingerprint density at radius 2 is 1.66 bits per heavy atom. The van der Waals surface area contributed by atoms with Crippen molar-refractivity contribution >= 4 is 23.4 Å². The molecule has 196 valence electrons. The number of hydrogen-bond donors (Lipinski definition) is 2. The predicted molar refractivity (Wildman–Crippen MR) is 143 cm³/mol. The molecule has 0 saturated heterocycles. The van der Waals surface area contributed by atoms with E-state index in [-0.39, 0.29) is 30.2 Å². The van der Waals surface area contributed by atoms with Gasteiger partial charge < -0.3 is 15.4 Å². The number of esters is 1. The Kier molecular flexibility index (Phi) is 7.56. The third-order valence-corrected chi connectivity index (χ3v) is 6.11. The molecule has 0 radical (unpaired) electrons. The van der Waals surface area contributed by atoms with Crippen LogP contribution in [-0.4, -0.2) is 44.4 Å². The number of nitrogens with two attached hydrogens (primary N) is 1. The van der Waals surface area contributed by atoms with Gasteiger partial charge in [-0.1, -0.05) is 48.5 Å². The fourth-order valence-corrected chi connectivity index (χ4v) is 4.26. The van der Waals surface area contributed by atoms with Crippen molar-refractivity contribution in [3.05, 3.63) is 104 Å². The van der Waals surface area contributed by atoms with Gasteiger partial charge in [0.25, 0.3) is 11.5 Å². The third kappa shape index (κ3) is 5.12. The number of anilines is 2. The molecule has 0 aliphatic rings. The molecule has 4 aromatic rings. The predicted octanol–water partition coefficient (Wildman–Crippen LogP) is 2.18. The topological polar surface area (TPSA) is 145 Å². The van der Waals surface area contributed by atoms with Crippen LogP contribution in [0.5, 0.6) is 0 Å². The molecule has 0 aliphatic heterocycles. The molecule has 4 rings (SSSR count). The van der Waals surface area contributed by atoms with E-state index in [1.165, 1.54) is 4.57 Å². The van der Waals surface area contributed by atoms with E-state index in [2.05, 4.69) is 10.1 Å². The molecule has 1 amide bonds. The summed E-state index contributed by atoms with van der Waals surface area (Å²) in [4.78, 5) is 54.5. The maximum Gasteiger partial charge on any atom is 0.342 e. The second-order valence-electron chi connectivity index (χ2n) is 8.57. The van der Waals surface area contributed by atoms with Gasteiger partial charge in [0.15, 0.2) is 12.3 Å². The quantitative estimate of drug-likeness (QED) is 0.341. The summed E-state index contributed by atoms with van der Waals surface area (Å²) in [5.41, 5.74) is 7.35. The normalized spacial score (nSPS) is 10.8. The van der Waals surface area contributed by atoms with E-state index < -0.39 is 29.7 Å². The first-order valence-corrected chi connectivity index (χ1v) is 12.0. The molecule has 38 heavy (non-hydrogen) atoms. The number of ether oxygens (including phenoxy) is 1. The van der Waals surface area contributed by atoms with Crippen molar-refractivity contribution < 1.29 is 14.3 Å². The highest BCUT2D eigenvalue weighted by atomic mass is 16.5. The second-order valence-corrected chi connectivity index (χ2v) is 8.57. The number of carbonyl (C=O) groups is 2. The highest BCUT2D eigenvalue weighted by molar-refractivity contribution is 5.99. The molecule has 0 unspecified atom stereocenters. The van der Waals surface area contributed by atoms with E-state index in [1.807, 2.05) is 60.7 Å². The SMILES string of the molecule is CCN(C(=O)COC(=O)c1c(C)nn(-c2ccccc2)c1C)c1c(N)n(Cc2ccccc2)c(=O)[nH]c1=O. The Morgan fingerprint density at radius 1 is 1.03 bits per heavy atom. The van der Waals surface area contributed by atoms with Crippen LogP contribution in [0.1, 0.15) is 34.2 Å². The van der Waals surface area contributed by atoms with Crippen LogP contribution in [-0.2, 0) is 16.1 Å². The molecule has 0 fully saturated rings. The summed E-state index contributed by atoms with van der Waals surface area (Å²) < 4.78 is 8.14. The minimum atomic E-state index is -0.811. The van der Waals surface area contributed by atoms with Crippen molar-refractivity contribution in [2.45, 2.75) is 27.3 Å². The Hall–Kier alpha value is -4.93. The van der Waals surface area contributed by atoms with E-state index in [0.29, 0.717) is 11.4 Å². The fourth-order valence-electron chi connectivity index (χ4n) is 4.26. The third-order valence-electron chi connectivity index (χ3n) is 6.11. The zero-order valence-electron chi connectivity index (χ0n) is 21.3. The number of para-hydroxylation sites is 1. The van der Waals surface area contributed by atoms with Crippen LogP contribution in [0.25, 0.3) is 5.69 Å². The van der Waals surface area contributed by atoms with Gasteiger partial charge in [0.1, 0.15) is 11.4 Å². The van der Waals surface area contributed by atoms with E-state index in [9.17, 15) is 19.2 Å². The summed E-state index contributed by atoms with van der Waals surface area (Å²) in [6.07, 6.45) is 0. The van der Waals surface area contributed by atoms with E-state index in [4.69, 9.17) is 10.5 Å². The van der Waals surface area contributed by atoms with Gasteiger partial charge in [-0.05, 0) is 38.5 Å². The van der Waals surface area contributed by atoms with Crippen molar-refractivity contribution in [3.63, 3.8) is 0 Å². The number of amides is 1. The van der Waals surface area contributed by atoms with Gasteiger partial charge in [0, 0.05) is 6.54 Å². The van der Waals surface area contributed by atoms with Gasteiger partial charge >= 0.3 is 11.7 Å². The minimum Gasteiger partial charge on any atom is -0.452 e. The smallest absolute Gasteiger partial charge is 0.342 e. The monoisotopic (exact) mass is 516 g/mol. The number of H-pyrrole nitrogens is 1. The Morgan fingerprint density at radius 3 is 2.29 bits per heavy atom. The largest absolute Gasteiger partial charge is 0.452 e. The second kappa shape index (κ2) is 11.0. The standard InChI is InChI=1S/C27H28N6O5/c1-4-31(23-24(28)32(27(37)29-25(23)35)15-19-11-7-5-8-12-19)21(34)16-38-26(36)22-17(2)30-33(18(22)3)20-13-9-6-10-14-20/h5-14H,4,15-16,28H2,1-3H3,(H,29,35,37). The molecule has 0 aliphatic carbocycles. The highest BCUT2D eigenvalue weighted by Gasteiger charge is 2.26. The van der Waals surface area contributed by atoms with Gasteiger partial charge in [-0.15, -0.1) is 0 Å². The molecule has 0 spiro atoms. The van der Waals surface area contributed by atoms with Crippen molar-refractivity contribution in [1.82, 2.24) is 19.3 Å². The summed E-state index contributed by atoms with van der Waals surface area (Å²) >= 11 is 0. The maximum atomic E-state index is 13.1. The summed E-state index contributed by atoms with van der Waals surface area (Å²) in [5, 5.41) is 4.43. The highest BCUT2D eigenvalue weighted by Crippen LogP contribution is 2.20. The molecule has 2 heterocycles. The molecule has 2 aromatic heterocycles. The number of rotatable bonds is 8. The lowest BCUT2D eigenvalue weighted by molar-refractivity contribution is -0.121. The van der Waals surface area contributed by atoms with E-state index >= 15 is 0 Å². The van der Waals surface area contributed by atoms with Gasteiger partial charge in [-0.25, -0.2) is 14.3 Å². The van der Waals surface area contributed by atoms with Crippen LogP contribution >= 0.6 is 0 Å². The number of benzene rings is 2. The van der Waals surface area contributed by atoms with Crippen LogP contribution < -0.4 is 21.9 Å². The first-order chi connectivity index (χ1) is 18.2. The molecule has 3 N–H and O–H groups in total. The Balaban J connectivity index is 1.56. The molecule has 11 heteroatoms. The van der Waals surface area contributed by atoms with Gasteiger partial charge in [-0.2, -0.15) is 5.10 Å². The first-order valence-electron chi connectivity index (χ1n) is 12.0. The average Bonchev–Trinajstić information content (AvgIpc) is 3.22. The van der Waals surface area contributed by atoms with E-state index in [0.717, 1.165) is 16.2 Å². The summed E-state index contributed by atoms with van der Waals surface area (Å²) in [6.45, 7) is 4.57. The number of aromatic nitrogens is 4. The molecular weight excluding hydrogens is 488 g/mol. The number of hydrogen-bond acceptors (Lipinski definition) is 7. The van der Waals surface area contributed by atoms with Gasteiger partial charge in [0.05, 0.1) is 23.6 Å². The first kappa shape index (κ1) is 26.1. The minimum absolute atomic E-state index is 0.0528. The zero-order chi connectivity index (χ0) is 27.4. The van der Waals surface area contributed by atoms with Crippen molar-refractivity contribution in [3.8, 4) is 5.69 Å². The fraction of sp³-hybridized carbons (Fsp3) is 0.222. The lowest BCUT2D eigenvalue weighted by atomic mass is 10.2. The van der Waals surface area contributed by atoms with Crippen LogP contribution in [0.15, 0.2) is 70.3 Å². The molecule has 0 atom stereocenters. The number of aryl methyl sites for hydroxylation is 1. The number of aromatic amines is 1. The lowest BCUT2D eigenvalue weighted by Gasteiger charge is -2.23. The van der Waals surface area contributed by atoms with Crippen molar-refractivity contribution in [2.24, 2.45) is 0 Å². The summed E-state index contributed by atoms with van der Waals surface area (Å²) in [5.74, 6) is -1.56. The summed E-state index contributed by atoms with van der Waals surface area (Å²) in [6, 6.07) is 18.4. The Bertz CT molecular complexity index is 1590. The molecule has 0 bridgehead atoms. The van der Waals surface area contributed by atoms with Crippen LogP contribution in [0.2, 0.25) is 0 Å². The molecule has 0 saturated carbocycles. The van der Waals surface area contributed by atoms with Gasteiger partial charge in [0.2, 0.25) is 0 Å². The lowest BCUT2D eigenvalue weighted by Crippen LogP contribution is -2.42. The number of likely N-dealkylation sites (N-methyl/N-ethyl adjacent to an activating group) is 1. The summed E-state index contributed by atoms with van der Waals surface area (Å²) in [7, 11) is 0. The number of carbonyl (C=O) groups excluding carboxylic acids is 2. The average molecular weight is 517 g/mol. The van der Waals surface area contributed by atoms with E-state index in [1.54, 1.807) is 25.5 Å². The maximum absolute atomic E-state index is 13.1. The molecule has 11 nitrogen and oxygen atoms in total. The molecular formula is C27H28N6O5. The van der Waals surface area contributed by atoms with Crippen LogP contribution in [0.4, 0.5) is 11.5 Å². The zero-order valence-corrected chi connectivity index (χ0v) is 21.3. The molecule has 2 aromatic carbocycles. The number of nitrogens with zero attached hydrogens (tertiary/aromatic N) is 4. The number of nitrogen functional groups attached to an aromatic ring is 1. The van der Waals surface area contributed by atoms with Crippen LogP contribution in [0.3, 0.4) is 0 Å². The van der Waals surface area contributed by atoms with Crippen molar-refractivity contribution in [1.29, 1.82) is 0 Å². The van der Waals surface area contributed by atoms with Crippen LogP contribution in [0, 0.1) is 13.8 Å². The van der Waals surface area contributed by atoms with Gasteiger partial charge in [-0.3, -0.25) is 19.1 Å². The Labute approximate surface area is 218 Å².